The first-order valence-corrected chi connectivity index (χ1v) is 10.8. The number of anilines is 2. The number of nitrogens with zero attached hydrogens (tertiary/aromatic N) is 1. The Balaban J connectivity index is 1.93. The summed E-state index contributed by atoms with van der Waals surface area (Å²) < 4.78 is 36.1. The number of ether oxygens (including phenoxy) is 2. The zero-order chi connectivity index (χ0) is 20.6. The van der Waals surface area contributed by atoms with Crippen LogP contribution in [0.15, 0.2) is 48.5 Å². The van der Waals surface area contributed by atoms with Gasteiger partial charge in [0.15, 0.2) is 0 Å². The van der Waals surface area contributed by atoms with Crippen molar-refractivity contribution in [3.63, 3.8) is 0 Å². The molecule has 0 saturated carbocycles. The highest BCUT2D eigenvalue weighted by atomic mass is 32.2. The number of carbonyl (C=O) groups excluding carboxylic acids is 1. The Bertz CT molecular complexity index is 882. The van der Waals surface area contributed by atoms with E-state index in [1.54, 1.807) is 48.5 Å². The fourth-order valence-electron chi connectivity index (χ4n) is 2.66. The minimum absolute atomic E-state index is 0.178. The van der Waals surface area contributed by atoms with Gasteiger partial charge < -0.3 is 14.8 Å². The maximum absolute atomic E-state index is 12.2. The van der Waals surface area contributed by atoms with Crippen LogP contribution in [-0.4, -0.2) is 40.8 Å². The van der Waals surface area contributed by atoms with Gasteiger partial charge in [-0.15, -0.1) is 0 Å². The lowest BCUT2D eigenvalue weighted by Crippen LogP contribution is -2.31. The summed E-state index contributed by atoms with van der Waals surface area (Å²) in [6.07, 6.45) is 1.73. The maximum atomic E-state index is 12.2. The molecular formula is C20H26N2O5S. The van der Waals surface area contributed by atoms with Crippen molar-refractivity contribution in [1.29, 1.82) is 0 Å². The number of nitrogens with one attached hydrogen (secondary N) is 1. The molecule has 0 unspecified atom stereocenters. The zero-order valence-corrected chi connectivity index (χ0v) is 17.2. The van der Waals surface area contributed by atoms with E-state index in [2.05, 4.69) is 5.32 Å². The maximum Gasteiger partial charge on any atom is 0.232 e. The van der Waals surface area contributed by atoms with Crippen LogP contribution in [0.1, 0.15) is 19.8 Å². The van der Waals surface area contributed by atoms with Crippen LogP contribution in [0.5, 0.6) is 11.5 Å². The standard InChI is InChI=1S/C20H26N2O5S/c1-4-27-18-12-10-16(11-13-18)21-20(23)9-6-14-22(28(3,24)25)17-7-5-8-19(15-17)26-2/h5,7-8,10-13,15H,4,6,9,14H2,1-3H3,(H,21,23). The van der Waals surface area contributed by atoms with E-state index in [-0.39, 0.29) is 18.9 Å². The molecule has 0 aromatic heterocycles. The summed E-state index contributed by atoms with van der Waals surface area (Å²) in [6, 6.07) is 13.9. The van der Waals surface area contributed by atoms with E-state index in [4.69, 9.17) is 9.47 Å². The third-order valence-electron chi connectivity index (χ3n) is 3.96. The summed E-state index contributed by atoms with van der Waals surface area (Å²) in [5, 5.41) is 2.80. The van der Waals surface area contributed by atoms with Crippen molar-refractivity contribution in [2.24, 2.45) is 0 Å². The number of carbonyl (C=O) groups is 1. The number of hydrogen-bond acceptors (Lipinski definition) is 5. The Morgan fingerprint density at radius 1 is 1.11 bits per heavy atom. The van der Waals surface area contributed by atoms with Crippen LogP contribution in [0.3, 0.4) is 0 Å². The summed E-state index contributed by atoms with van der Waals surface area (Å²) >= 11 is 0. The Hall–Kier alpha value is -2.74. The number of sulfonamides is 1. The number of methoxy groups -OCH3 is 1. The van der Waals surface area contributed by atoms with Gasteiger partial charge in [0.05, 0.1) is 25.7 Å². The zero-order valence-electron chi connectivity index (χ0n) is 16.3. The number of benzene rings is 2. The highest BCUT2D eigenvalue weighted by molar-refractivity contribution is 7.92. The van der Waals surface area contributed by atoms with Crippen LogP contribution < -0.4 is 19.1 Å². The molecule has 7 nitrogen and oxygen atoms in total. The molecule has 0 aliphatic heterocycles. The monoisotopic (exact) mass is 406 g/mol. The molecule has 0 aliphatic rings. The van der Waals surface area contributed by atoms with E-state index in [1.807, 2.05) is 6.92 Å². The van der Waals surface area contributed by atoms with Crippen molar-refractivity contribution < 1.29 is 22.7 Å². The topological polar surface area (TPSA) is 84.9 Å². The van der Waals surface area contributed by atoms with Crippen LogP contribution >= 0.6 is 0 Å². The minimum atomic E-state index is -3.48. The second kappa shape index (κ2) is 9.98. The predicted octanol–water partition coefficient (Wildman–Crippen LogP) is 3.28. The quantitative estimate of drug-likeness (QED) is 0.655. The van der Waals surface area contributed by atoms with Crippen molar-refractivity contribution in [2.75, 3.05) is 36.1 Å². The van der Waals surface area contributed by atoms with E-state index in [0.717, 1.165) is 12.0 Å². The first-order chi connectivity index (χ1) is 13.3. The number of amides is 1. The molecule has 0 bridgehead atoms. The van der Waals surface area contributed by atoms with Crippen molar-refractivity contribution in [3.05, 3.63) is 48.5 Å². The minimum Gasteiger partial charge on any atom is -0.497 e. The second-order valence-electron chi connectivity index (χ2n) is 6.15. The van der Waals surface area contributed by atoms with Gasteiger partial charge in [-0.25, -0.2) is 8.42 Å². The van der Waals surface area contributed by atoms with Crippen LogP contribution in [0.25, 0.3) is 0 Å². The molecule has 1 amide bonds. The fourth-order valence-corrected chi connectivity index (χ4v) is 3.62. The van der Waals surface area contributed by atoms with Crippen molar-refractivity contribution in [1.82, 2.24) is 0 Å². The molecule has 2 aromatic rings. The van der Waals surface area contributed by atoms with Gasteiger partial charge >= 0.3 is 0 Å². The largest absolute Gasteiger partial charge is 0.497 e. The highest BCUT2D eigenvalue weighted by Gasteiger charge is 2.18. The van der Waals surface area contributed by atoms with E-state index < -0.39 is 10.0 Å². The van der Waals surface area contributed by atoms with Gasteiger partial charge in [0.2, 0.25) is 15.9 Å². The summed E-state index contributed by atoms with van der Waals surface area (Å²) in [7, 11) is -1.95. The molecule has 0 saturated heterocycles. The molecule has 0 spiro atoms. The van der Waals surface area contributed by atoms with Gasteiger partial charge in [0.1, 0.15) is 11.5 Å². The van der Waals surface area contributed by atoms with E-state index >= 15 is 0 Å². The molecule has 0 fully saturated rings. The molecule has 8 heteroatoms. The van der Waals surface area contributed by atoms with E-state index in [0.29, 0.717) is 30.2 Å². The van der Waals surface area contributed by atoms with Crippen LogP contribution in [0.2, 0.25) is 0 Å². The Kier molecular flexibility index (Phi) is 7.69. The lowest BCUT2D eigenvalue weighted by Gasteiger charge is -2.22. The van der Waals surface area contributed by atoms with E-state index in [1.165, 1.54) is 11.4 Å². The number of hydrogen-bond donors (Lipinski definition) is 1. The average molecular weight is 407 g/mol. The molecule has 28 heavy (non-hydrogen) atoms. The van der Waals surface area contributed by atoms with Gasteiger partial charge in [0, 0.05) is 24.7 Å². The highest BCUT2D eigenvalue weighted by Crippen LogP contribution is 2.23. The van der Waals surface area contributed by atoms with Crippen molar-refractivity contribution in [2.45, 2.75) is 19.8 Å². The molecule has 2 rings (SSSR count). The smallest absolute Gasteiger partial charge is 0.232 e. The van der Waals surface area contributed by atoms with Crippen LogP contribution in [-0.2, 0) is 14.8 Å². The molecule has 0 radical (unpaired) electrons. The second-order valence-corrected chi connectivity index (χ2v) is 8.05. The number of rotatable bonds is 10. The molecule has 2 aromatic carbocycles. The molecule has 1 N–H and O–H groups in total. The van der Waals surface area contributed by atoms with E-state index in [9.17, 15) is 13.2 Å². The van der Waals surface area contributed by atoms with Gasteiger partial charge in [-0.2, -0.15) is 0 Å². The van der Waals surface area contributed by atoms with Crippen LogP contribution in [0.4, 0.5) is 11.4 Å². The molecule has 0 aliphatic carbocycles. The Morgan fingerprint density at radius 2 is 1.82 bits per heavy atom. The summed E-state index contributed by atoms with van der Waals surface area (Å²) in [4.78, 5) is 12.2. The summed E-state index contributed by atoms with van der Waals surface area (Å²) in [6.45, 7) is 2.68. The third-order valence-corrected chi connectivity index (χ3v) is 5.15. The summed E-state index contributed by atoms with van der Waals surface area (Å²) in [5.74, 6) is 1.13. The lowest BCUT2D eigenvalue weighted by molar-refractivity contribution is -0.116. The van der Waals surface area contributed by atoms with Gasteiger partial charge in [-0.1, -0.05) is 6.07 Å². The molecule has 152 valence electrons. The third kappa shape index (κ3) is 6.45. The van der Waals surface area contributed by atoms with Crippen molar-refractivity contribution in [3.8, 4) is 11.5 Å². The normalized spacial score (nSPS) is 11.0. The SMILES string of the molecule is CCOc1ccc(NC(=O)CCCN(c2cccc(OC)c2)S(C)(=O)=O)cc1. The first-order valence-electron chi connectivity index (χ1n) is 8.98. The van der Waals surface area contributed by atoms with Gasteiger partial charge in [-0.3, -0.25) is 9.10 Å². The molecule has 0 heterocycles. The summed E-state index contributed by atoms with van der Waals surface area (Å²) in [5.41, 5.74) is 1.18. The van der Waals surface area contributed by atoms with Gasteiger partial charge in [-0.05, 0) is 49.7 Å². The molecule has 0 atom stereocenters. The Morgan fingerprint density at radius 3 is 2.43 bits per heavy atom. The lowest BCUT2D eigenvalue weighted by atomic mass is 10.2. The first kappa shape index (κ1) is 21.6. The van der Waals surface area contributed by atoms with Crippen LogP contribution in [0, 0.1) is 0 Å². The van der Waals surface area contributed by atoms with Crippen molar-refractivity contribution >= 4 is 27.3 Å². The molecular weight excluding hydrogens is 380 g/mol. The fraction of sp³-hybridized carbons (Fsp3) is 0.350. The van der Waals surface area contributed by atoms with Gasteiger partial charge in [0.25, 0.3) is 0 Å². The Labute approximate surface area is 166 Å². The average Bonchev–Trinajstić information content (AvgIpc) is 2.66. The predicted molar refractivity (Wildman–Crippen MR) is 111 cm³/mol.